The van der Waals surface area contributed by atoms with Crippen molar-refractivity contribution in [2.45, 2.75) is 19.3 Å². The smallest absolute Gasteiger partial charge is 0.159 e. The van der Waals surface area contributed by atoms with E-state index < -0.39 is 29.1 Å². The van der Waals surface area contributed by atoms with Gasteiger partial charge in [-0.25, -0.2) is 22.0 Å². The average molecular weight is 480 g/mol. The second-order valence-corrected chi connectivity index (χ2v) is 8.17. The zero-order valence-corrected chi connectivity index (χ0v) is 18.9. The molecule has 0 bridgehead atoms. The van der Waals surface area contributed by atoms with Crippen molar-refractivity contribution in [3.63, 3.8) is 0 Å². The average Bonchev–Trinajstić information content (AvgIpc) is 2.82. The summed E-state index contributed by atoms with van der Waals surface area (Å²) in [5.41, 5.74) is 1.73. The highest BCUT2D eigenvalue weighted by atomic mass is 19.2. The minimum atomic E-state index is -0.953. The molecular weight excluding hydrogens is 459 g/mol. The summed E-state index contributed by atoms with van der Waals surface area (Å²) in [5, 5.41) is 1.01. The highest BCUT2D eigenvalue weighted by Gasteiger charge is 2.12. The molecule has 0 radical (unpaired) electrons. The van der Waals surface area contributed by atoms with Crippen molar-refractivity contribution in [3.05, 3.63) is 118 Å². The fourth-order valence-electron chi connectivity index (χ4n) is 3.80. The van der Waals surface area contributed by atoms with E-state index in [2.05, 4.69) is 11.8 Å². The van der Waals surface area contributed by atoms with E-state index in [1.54, 1.807) is 24.3 Å². The van der Waals surface area contributed by atoms with E-state index in [-0.39, 0.29) is 24.0 Å². The number of aryl methyl sites for hydroxylation is 1. The minimum absolute atomic E-state index is 0.0388. The molecule has 0 saturated heterocycles. The van der Waals surface area contributed by atoms with Crippen LogP contribution < -0.4 is 0 Å². The van der Waals surface area contributed by atoms with Crippen LogP contribution in [0.3, 0.4) is 0 Å². The standard InChI is InChI=1S/C29H21F5O/c1-35-11-10-20-14-26(31)24(27(32)15-20)9-5-19-3-7-21(25(30)13-19)6-2-18-4-8-22-16-28(33)29(34)17-23(22)12-18/h3-4,7-8,12-17H,5,9-11H2,1H3. The van der Waals surface area contributed by atoms with Gasteiger partial charge in [-0.3, -0.25) is 0 Å². The number of hydrogen-bond donors (Lipinski definition) is 0. The summed E-state index contributed by atoms with van der Waals surface area (Å²) in [7, 11) is 1.52. The van der Waals surface area contributed by atoms with Crippen LogP contribution in [0.1, 0.15) is 27.8 Å². The Labute approximate surface area is 200 Å². The number of rotatable bonds is 6. The van der Waals surface area contributed by atoms with Gasteiger partial charge in [-0.15, -0.1) is 0 Å². The molecule has 4 rings (SSSR count). The number of methoxy groups -OCH3 is 1. The molecule has 0 fully saturated rings. The predicted octanol–water partition coefficient (Wildman–Crippen LogP) is 6.91. The van der Waals surface area contributed by atoms with Gasteiger partial charge in [-0.1, -0.05) is 24.0 Å². The van der Waals surface area contributed by atoms with E-state index in [9.17, 15) is 22.0 Å². The van der Waals surface area contributed by atoms with Gasteiger partial charge in [0.2, 0.25) is 0 Å². The molecule has 0 spiro atoms. The van der Waals surface area contributed by atoms with Gasteiger partial charge in [0.25, 0.3) is 0 Å². The Morgan fingerprint density at radius 3 is 1.97 bits per heavy atom. The topological polar surface area (TPSA) is 9.23 Å². The summed E-state index contributed by atoms with van der Waals surface area (Å²) in [6, 6.07) is 14.1. The lowest BCUT2D eigenvalue weighted by Gasteiger charge is -2.09. The first-order valence-electron chi connectivity index (χ1n) is 11.0. The molecule has 35 heavy (non-hydrogen) atoms. The molecule has 4 aromatic rings. The molecule has 0 unspecified atom stereocenters. The largest absolute Gasteiger partial charge is 0.384 e. The van der Waals surface area contributed by atoms with Gasteiger partial charge >= 0.3 is 0 Å². The lowest BCUT2D eigenvalue weighted by Crippen LogP contribution is -2.03. The van der Waals surface area contributed by atoms with Gasteiger partial charge in [-0.05, 0) is 89.7 Å². The molecule has 0 atom stereocenters. The van der Waals surface area contributed by atoms with Gasteiger partial charge < -0.3 is 4.74 Å². The van der Waals surface area contributed by atoms with Gasteiger partial charge in [-0.2, -0.15) is 0 Å². The van der Waals surface area contributed by atoms with E-state index in [0.717, 1.165) is 12.1 Å². The van der Waals surface area contributed by atoms with Crippen LogP contribution in [0.15, 0.2) is 60.7 Å². The van der Waals surface area contributed by atoms with Gasteiger partial charge in [0.1, 0.15) is 17.5 Å². The van der Waals surface area contributed by atoms with Crippen molar-refractivity contribution in [1.82, 2.24) is 0 Å². The van der Waals surface area contributed by atoms with Crippen molar-refractivity contribution in [3.8, 4) is 11.8 Å². The predicted molar refractivity (Wildman–Crippen MR) is 126 cm³/mol. The highest BCUT2D eigenvalue weighted by molar-refractivity contribution is 5.84. The third kappa shape index (κ3) is 5.87. The summed E-state index contributed by atoms with van der Waals surface area (Å²) in [4.78, 5) is 0. The fourth-order valence-corrected chi connectivity index (χ4v) is 3.80. The van der Waals surface area contributed by atoms with E-state index in [4.69, 9.17) is 4.74 Å². The highest BCUT2D eigenvalue weighted by Crippen LogP contribution is 2.21. The zero-order chi connectivity index (χ0) is 24.9. The molecule has 0 aromatic heterocycles. The molecule has 0 aliphatic carbocycles. The van der Waals surface area contributed by atoms with Crippen molar-refractivity contribution in [2.75, 3.05) is 13.7 Å². The lowest BCUT2D eigenvalue weighted by atomic mass is 10.00. The maximum Gasteiger partial charge on any atom is 0.159 e. The molecule has 6 heteroatoms. The molecule has 1 nitrogen and oxygen atoms in total. The Kier molecular flexibility index (Phi) is 7.48. The van der Waals surface area contributed by atoms with Crippen LogP contribution in [0.25, 0.3) is 10.8 Å². The monoisotopic (exact) mass is 480 g/mol. The fraction of sp³-hybridized carbons (Fsp3) is 0.172. The molecule has 4 aromatic carbocycles. The van der Waals surface area contributed by atoms with Crippen LogP contribution in [0.5, 0.6) is 0 Å². The molecule has 0 saturated carbocycles. The van der Waals surface area contributed by atoms with Crippen LogP contribution in [0.2, 0.25) is 0 Å². The lowest BCUT2D eigenvalue weighted by molar-refractivity contribution is 0.202. The third-order valence-electron chi connectivity index (χ3n) is 5.71. The summed E-state index contributed by atoms with van der Waals surface area (Å²) >= 11 is 0. The quantitative estimate of drug-likeness (QED) is 0.215. The molecule has 0 amide bonds. The van der Waals surface area contributed by atoms with Crippen molar-refractivity contribution in [2.24, 2.45) is 0 Å². The number of hydrogen-bond acceptors (Lipinski definition) is 1. The van der Waals surface area contributed by atoms with Crippen LogP contribution in [0, 0.1) is 40.9 Å². The van der Waals surface area contributed by atoms with Crippen LogP contribution in [-0.2, 0) is 24.0 Å². The maximum absolute atomic E-state index is 14.6. The summed E-state index contributed by atoms with van der Waals surface area (Å²) in [6.45, 7) is 0.367. The number of halogens is 5. The van der Waals surface area contributed by atoms with Crippen LogP contribution in [0.4, 0.5) is 22.0 Å². The molecular formula is C29H21F5O. The second-order valence-electron chi connectivity index (χ2n) is 8.17. The normalized spacial score (nSPS) is 10.9. The van der Waals surface area contributed by atoms with Crippen molar-refractivity contribution in [1.29, 1.82) is 0 Å². The summed E-state index contributed by atoms with van der Waals surface area (Å²) in [5.74, 6) is 1.87. The first-order chi connectivity index (χ1) is 16.8. The molecule has 0 aliphatic rings. The number of fused-ring (bicyclic) bond motifs is 1. The number of benzene rings is 4. The molecule has 0 heterocycles. The van der Waals surface area contributed by atoms with E-state index in [1.807, 2.05) is 0 Å². The second kappa shape index (κ2) is 10.7. The Bertz CT molecular complexity index is 1430. The first kappa shape index (κ1) is 24.4. The van der Waals surface area contributed by atoms with Gasteiger partial charge in [0, 0.05) is 18.2 Å². The molecule has 0 N–H and O–H groups in total. The molecule has 178 valence electrons. The molecule has 0 aliphatic heterocycles. The van der Waals surface area contributed by atoms with Crippen molar-refractivity contribution < 1.29 is 26.7 Å². The van der Waals surface area contributed by atoms with Crippen LogP contribution in [-0.4, -0.2) is 13.7 Å². The summed E-state index contributed by atoms with van der Waals surface area (Å²) < 4.78 is 75.1. The number of ether oxygens (including phenoxy) is 1. The van der Waals surface area contributed by atoms with Crippen molar-refractivity contribution >= 4 is 10.8 Å². The van der Waals surface area contributed by atoms with E-state index >= 15 is 0 Å². The zero-order valence-electron chi connectivity index (χ0n) is 18.9. The van der Waals surface area contributed by atoms with E-state index in [1.165, 1.54) is 31.4 Å². The Hall–Kier alpha value is -3.69. The first-order valence-corrected chi connectivity index (χ1v) is 11.0. The SMILES string of the molecule is COCCc1cc(F)c(CCc2ccc(C#Cc3ccc4cc(F)c(F)cc4c3)c(F)c2)c(F)c1. The van der Waals surface area contributed by atoms with Crippen LogP contribution >= 0.6 is 0 Å². The van der Waals surface area contributed by atoms with Gasteiger partial charge in [0.15, 0.2) is 11.6 Å². The summed E-state index contributed by atoms with van der Waals surface area (Å²) in [6.07, 6.45) is 0.747. The Morgan fingerprint density at radius 1 is 0.600 bits per heavy atom. The van der Waals surface area contributed by atoms with E-state index in [0.29, 0.717) is 40.5 Å². The Morgan fingerprint density at radius 2 is 1.29 bits per heavy atom. The van der Waals surface area contributed by atoms with Gasteiger partial charge in [0.05, 0.1) is 12.2 Å². The maximum atomic E-state index is 14.6. The Balaban J connectivity index is 1.47. The third-order valence-corrected chi connectivity index (χ3v) is 5.71. The minimum Gasteiger partial charge on any atom is -0.384 e.